The highest BCUT2D eigenvalue weighted by atomic mass is 32.1. The Hall–Kier alpha value is -2.19. The maximum atomic E-state index is 12.9. The first kappa shape index (κ1) is 17.2. The summed E-state index contributed by atoms with van der Waals surface area (Å²) in [4.78, 5) is 7.93. The highest BCUT2D eigenvalue weighted by Gasteiger charge is 2.31. The first-order valence-electron chi connectivity index (χ1n) is 8.22. The smallest absolute Gasteiger partial charge is 0.338 e. The summed E-state index contributed by atoms with van der Waals surface area (Å²) < 4.78 is 43.9. The van der Waals surface area contributed by atoms with Gasteiger partial charge in [-0.1, -0.05) is 17.3 Å². The van der Waals surface area contributed by atoms with Gasteiger partial charge in [-0.05, 0) is 42.5 Å². The van der Waals surface area contributed by atoms with Gasteiger partial charge in [0.2, 0.25) is 11.7 Å². The number of alkyl halides is 3. The lowest BCUT2D eigenvalue weighted by Crippen LogP contribution is -2.32. The summed E-state index contributed by atoms with van der Waals surface area (Å²) >= 11 is 1.77. The van der Waals surface area contributed by atoms with E-state index in [0.717, 1.165) is 25.1 Å². The molecule has 0 amide bonds. The van der Waals surface area contributed by atoms with Gasteiger partial charge in [-0.3, -0.25) is 4.90 Å². The van der Waals surface area contributed by atoms with E-state index in [4.69, 9.17) is 4.52 Å². The lowest BCUT2D eigenvalue weighted by Gasteiger charge is -2.32. The second kappa shape index (κ2) is 6.51. The summed E-state index contributed by atoms with van der Waals surface area (Å²) in [5.74, 6) is 0.579. The zero-order valence-electron chi connectivity index (χ0n) is 14.0. The largest absolute Gasteiger partial charge is 0.416 e. The second-order valence-electron chi connectivity index (χ2n) is 6.29. The quantitative estimate of drug-likeness (QED) is 0.647. The molecule has 0 spiro atoms. The van der Waals surface area contributed by atoms with Crippen LogP contribution in [0.1, 0.15) is 34.9 Å². The molecule has 0 radical (unpaired) electrons. The summed E-state index contributed by atoms with van der Waals surface area (Å²) in [6, 6.07) is 7.34. The van der Waals surface area contributed by atoms with Gasteiger partial charge < -0.3 is 4.52 Å². The van der Waals surface area contributed by atoms with Crippen molar-refractivity contribution in [2.75, 3.05) is 6.54 Å². The van der Waals surface area contributed by atoms with Gasteiger partial charge >= 0.3 is 6.18 Å². The number of benzene rings is 1. The maximum absolute atomic E-state index is 12.9. The van der Waals surface area contributed by atoms with Crippen LogP contribution in [0.4, 0.5) is 13.2 Å². The van der Waals surface area contributed by atoms with E-state index in [0.29, 0.717) is 18.0 Å². The fourth-order valence-corrected chi connectivity index (χ4v) is 4.18. The molecular weight excluding hydrogens is 363 g/mol. The van der Waals surface area contributed by atoms with Crippen molar-refractivity contribution in [3.05, 3.63) is 57.6 Å². The normalized spacial score (nSPS) is 18.1. The van der Waals surface area contributed by atoms with E-state index < -0.39 is 11.7 Å². The van der Waals surface area contributed by atoms with Crippen LogP contribution in [0.25, 0.3) is 11.4 Å². The predicted octanol–water partition coefficient (Wildman–Crippen LogP) is 4.94. The third-order valence-electron chi connectivity index (χ3n) is 4.66. The van der Waals surface area contributed by atoms with E-state index in [-0.39, 0.29) is 11.9 Å². The average Bonchev–Trinajstić information content (AvgIpc) is 3.26. The SMILES string of the molecule is C[C@@H]1c2ccsc2CCN1Cc1nc(-c2cccc(C(F)(F)F)c2)no1. The lowest BCUT2D eigenvalue weighted by atomic mass is 10.0. The van der Waals surface area contributed by atoms with Crippen LogP contribution in [-0.4, -0.2) is 21.6 Å². The molecule has 1 aromatic carbocycles. The number of hydrogen-bond donors (Lipinski definition) is 0. The Morgan fingerprint density at radius 3 is 2.96 bits per heavy atom. The molecule has 4 rings (SSSR count). The average molecular weight is 379 g/mol. The molecule has 4 nitrogen and oxygen atoms in total. The second-order valence-corrected chi connectivity index (χ2v) is 7.29. The molecule has 1 aliphatic rings. The molecule has 1 atom stereocenters. The molecule has 0 aliphatic carbocycles. The molecule has 8 heteroatoms. The summed E-state index contributed by atoms with van der Waals surface area (Å²) in [6.07, 6.45) is -3.42. The lowest BCUT2D eigenvalue weighted by molar-refractivity contribution is -0.137. The van der Waals surface area contributed by atoms with Crippen LogP contribution >= 0.6 is 11.3 Å². The van der Waals surface area contributed by atoms with Crippen molar-refractivity contribution in [3.8, 4) is 11.4 Å². The van der Waals surface area contributed by atoms with E-state index in [9.17, 15) is 13.2 Å². The first-order chi connectivity index (χ1) is 12.4. The van der Waals surface area contributed by atoms with Crippen molar-refractivity contribution in [1.29, 1.82) is 0 Å². The van der Waals surface area contributed by atoms with Crippen molar-refractivity contribution < 1.29 is 17.7 Å². The van der Waals surface area contributed by atoms with Crippen LogP contribution in [0, 0.1) is 0 Å². The number of aromatic nitrogens is 2. The minimum Gasteiger partial charge on any atom is -0.338 e. The van der Waals surface area contributed by atoms with E-state index >= 15 is 0 Å². The number of nitrogens with zero attached hydrogens (tertiary/aromatic N) is 3. The highest BCUT2D eigenvalue weighted by Crippen LogP contribution is 2.34. The van der Waals surface area contributed by atoms with Gasteiger partial charge in [-0.15, -0.1) is 11.3 Å². The van der Waals surface area contributed by atoms with E-state index in [1.807, 2.05) is 0 Å². The summed E-state index contributed by atoms with van der Waals surface area (Å²) in [5, 5.41) is 5.96. The molecule has 1 aliphatic heterocycles. The van der Waals surface area contributed by atoms with Gasteiger partial charge in [0, 0.05) is 23.0 Å². The Balaban J connectivity index is 1.52. The first-order valence-corrected chi connectivity index (χ1v) is 9.10. The standard InChI is InChI=1S/C18H16F3N3OS/c1-11-14-6-8-26-15(14)5-7-24(11)10-16-22-17(23-25-16)12-3-2-4-13(9-12)18(19,20)21/h2-4,6,8-9,11H,5,7,10H2,1H3/t11-/m1/s1. The molecule has 136 valence electrons. The number of thiophene rings is 1. The number of hydrogen-bond acceptors (Lipinski definition) is 5. The maximum Gasteiger partial charge on any atom is 0.416 e. The highest BCUT2D eigenvalue weighted by molar-refractivity contribution is 7.10. The fraction of sp³-hybridized carbons (Fsp3) is 0.333. The molecule has 3 aromatic rings. The Labute approximate surface area is 152 Å². The third kappa shape index (κ3) is 3.26. The minimum absolute atomic E-state index is 0.173. The molecule has 2 aromatic heterocycles. The monoisotopic (exact) mass is 379 g/mol. The third-order valence-corrected chi connectivity index (χ3v) is 5.65. The minimum atomic E-state index is -4.40. The molecule has 26 heavy (non-hydrogen) atoms. The van der Waals surface area contributed by atoms with Crippen LogP contribution in [-0.2, 0) is 19.1 Å². The van der Waals surface area contributed by atoms with Crippen LogP contribution in [0.5, 0.6) is 0 Å². The topological polar surface area (TPSA) is 42.2 Å². The Kier molecular flexibility index (Phi) is 4.32. The van der Waals surface area contributed by atoms with Crippen LogP contribution in [0.15, 0.2) is 40.2 Å². The zero-order chi connectivity index (χ0) is 18.3. The van der Waals surface area contributed by atoms with E-state index in [1.165, 1.54) is 16.5 Å². The van der Waals surface area contributed by atoms with Crippen molar-refractivity contribution in [1.82, 2.24) is 15.0 Å². The van der Waals surface area contributed by atoms with Crippen molar-refractivity contribution >= 4 is 11.3 Å². The van der Waals surface area contributed by atoms with Crippen molar-refractivity contribution in [2.45, 2.75) is 32.1 Å². The van der Waals surface area contributed by atoms with Gasteiger partial charge in [-0.25, -0.2) is 0 Å². The van der Waals surface area contributed by atoms with Gasteiger partial charge in [-0.2, -0.15) is 18.2 Å². The van der Waals surface area contributed by atoms with Crippen molar-refractivity contribution in [2.24, 2.45) is 0 Å². The molecule has 0 unspecified atom stereocenters. The van der Waals surface area contributed by atoms with E-state index in [1.54, 1.807) is 17.4 Å². The Morgan fingerprint density at radius 1 is 1.31 bits per heavy atom. The van der Waals surface area contributed by atoms with Gasteiger partial charge in [0.15, 0.2) is 0 Å². The molecule has 0 bridgehead atoms. The molecule has 0 fully saturated rings. The van der Waals surface area contributed by atoms with Gasteiger partial charge in [0.25, 0.3) is 0 Å². The zero-order valence-corrected chi connectivity index (χ0v) is 14.8. The summed E-state index contributed by atoms with van der Waals surface area (Å²) in [5.41, 5.74) is 0.886. The summed E-state index contributed by atoms with van der Waals surface area (Å²) in [6.45, 7) is 3.49. The van der Waals surface area contributed by atoms with Crippen LogP contribution in [0.2, 0.25) is 0 Å². The Bertz CT molecular complexity index is 918. The molecule has 0 saturated carbocycles. The molecular formula is C18H16F3N3OS. The predicted molar refractivity (Wildman–Crippen MR) is 91.6 cm³/mol. The van der Waals surface area contributed by atoms with Crippen LogP contribution < -0.4 is 0 Å². The number of halogens is 3. The number of rotatable bonds is 3. The van der Waals surface area contributed by atoms with Crippen LogP contribution in [0.3, 0.4) is 0 Å². The number of fused-ring (bicyclic) bond motifs is 1. The van der Waals surface area contributed by atoms with Gasteiger partial charge in [0.1, 0.15) is 0 Å². The molecule has 0 saturated heterocycles. The van der Waals surface area contributed by atoms with Crippen molar-refractivity contribution in [3.63, 3.8) is 0 Å². The molecule has 3 heterocycles. The summed E-state index contributed by atoms with van der Waals surface area (Å²) in [7, 11) is 0. The molecule has 0 N–H and O–H groups in total. The Morgan fingerprint density at radius 2 is 2.15 bits per heavy atom. The van der Waals surface area contributed by atoms with Gasteiger partial charge in [0.05, 0.1) is 12.1 Å². The van der Waals surface area contributed by atoms with E-state index in [2.05, 4.69) is 33.4 Å². The fourth-order valence-electron chi connectivity index (χ4n) is 3.22.